The zero-order valence-electron chi connectivity index (χ0n) is 16.1. The van der Waals surface area contributed by atoms with Crippen molar-refractivity contribution in [3.63, 3.8) is 0 Å². The van der Waals surface area contributed by atoms with E-state index in [0.29, 0.717) is 11.6 Å². The van der Waals surface area contributed by atoms with Crippen molar-refractivity contribution in [1.29, 1.82) is 0 Å². The molecule has 0 aliphatic heterocycles. The van der Waals surface area contributed by atoms with Crippen molar-refractivity contribution in [3.8, 4) is 23.0 Å². The first kappa shape index (κ1) is 21.3. The maximum atomic E-state index is 11.1. The minimum absolute atomic E-state index is 0. The third-order valence-corrected chi connectivity index (χ3v) is 3.68. The predicted molar refractivity (Wildman–Crippen MR) is 104 cm³/mol. The second-order valence-corrected chi connectivity index (χ2v) is 6.40. The molecule has 0 unspecified atom stereocenters. The average molecular weight is 377 g/mol. The number of nitrogens with zero attached hydrogens (tertiary/aromatic N) is 1. The van der Waals surface area contributed by atoms with Gasteiger partial charge in [-0.3, -0.25) is 4.79 Å². The van der Waals surface area contributed by atoms with Crippen molar-refractivity contribution < 1.29 is 14.0 Å². The summed E-state index contributed by atoms with van der Waals surface area (Å²) in [6, 6.07) is 12.8. The molecule has 137 valence electrons. The van der Waals surface area contributed by atoms with Crippen LogP contribution in [-0.4, -0.2) is 51.9 Å². The summed E-state index contributed by atoms with van der Waals surface area (Å²) in [5.41, 5.74) is 1.66. The molecule has 27 heavy (non-hydrogen) atoms. The van der Waals surface area contributed by atoms with Crippen LogP contribution >= 0.6 is 0 Å². The number of benzene rings is 1. The van der Waals surface area contributed by atoms with Gasteiger partial charge in [-0.05, 0) is 56.7 Å². The van der Waals surface area contributed by atoms with E-state index in [0.717, 1.165) is 23.3 Å². The predicted octanol–water partition coefficient (Wildman–Crippen LogP) is 3.45. The first-order chi connectivity index (χ1) is 12.5. The van der Waals surface area contributed by atoms with Crippen LogP contribution in [0.15, 0.2) is 58.0 Å². The molecule has 0 spiro atoms. The van der Waals surface area contributed by atoms with Crippen molar-refractivity contribution in [3.05, 3.63) is 64.6 Å². The van der Waals surface area contributed by atoms with Crippen LogP contribution in [0.5, 0.6) is 11.6 Å². The number of H-pyrrole nitrogens is 1. The molecule has 0 aliphatic carbocycles. The molecule has 0 bridgehead atoms. The van der Waals surface area contributed by atoms with Crippen molar-refractivity contribution in [2.75, 3.05) is 0 Å². The monoisotopic (exact) mass is 377 g/mol. The number of nitrogens with one attached hydrogen (secondary N) is 1. The molecule has 0 amide bonds. The number of rotatable bonds is 7. The van der Waals surface area contributed by atoms with Crippen LogP contribution in [0.4, 0.5) is 0 Å². The summed E-state index contributed by atoms with van der Waals surface area (Å²) in [6.07, 6.45) is 2.57. The molecule has 3 rings (SSSR count). The number of aromatic nitrogens is 2. The van der Waals surface area contributed by atoms with Gasteiger partial charge in [-0.2, -0.15) is 5.16 Å². The van der Waals surface area contributed by atoms with Gasteiger partial charge in [-0.25, -0.2) is 4.98 Å². The van der Waals surface area contributed by atoms with Crippen molar-refractivity contribution in [2.45, 2.75) is 39.4 Å². The Morgan fingerprint density at radius 1 is 1.07 bits per heavy atom. The fourth-order valence-electron chi connectivity index (χ4n) is 2.61. The fourth-order valence-corrected chi connectivity index (χ4v) is 2.61. The Morgan fingerprint density at radius 3 is 2.44 bits per heavy atom. The van der Waals surface area contributed by atoms with Crippen LogP contribution in [-0.2, 0) is 6.42 Å². The summed E-state index contributed by atoms with van der Waals surface area (Å²) in [4.78, 5) is 15.4. The Labute approximate surface area is 180 Å². The van der Waals surface area contributed by atoms with Crippen molar-refractivity contribution >= 4 is 29.6 Å². The zero-order chi connectivity index (χ0) is 18.5. The summed E-state index contributed by atoms with van der Waals surface area (Å²) in [6.45, 7) is 5.97. The van der Waals surface area contributed by atoms with Gasteiger partial charge in [0.05, 0.1) is 18.3 Å². The quantitative estimate of drug-likeness (QED) is 0.638. The van der Waals surface area contributed by atoms with E-state index >= 15 is 0 Å². The summed E-state index contributed by atoms with van der Waals surface area (Å²) < 4.78 is 16.7. The molecule has 0 saturated carbocycles. The first-order valence-electron chi connectivity index (χ1n) is 8.57. The first-order valence-corrected chi connectivity index (χ1v) is 8.57. The molecular formula is C20H22N2NaO4. The van der Waals surface area contributed by atoms with E-state index in [2.05, 4.69) is 10.1 Å². The largest absolute Gasteiger partial charge is 0.490 e. The molecule has 1 aromatic carbocycles. The Kier molecular flexibility index (Phi) is 7.71. The van der Waals surface area contributed by atoms with Gasteiger partial charge in [0.2, 0.25) is 5.88 Å². The summed E-state index contributed by atoms with van der Waals surface area (Å²) in [5, 5.41) is 2.28. The van der Waals surface area contributed by atoms with Gasteiger partial charge in [0.15, 0.2) is 5.76 Å². The second-order valence-electron chi connectivity index (χ2n) is 6.40. The van der Waals surface area contributed by atoms with E-state index in [-0.39, 0.29) is 47.3 Å². The van der Waals surface area contributed by atoms with Crippen LogP contribution in [0.2, 0.25) is 0 Å². The number of hydrogen-bond acceptors (Lipinski definition) is 5. The Bertz CT molecular complexity index is 903. The van der Waals surface area contributed by atoms with E-state index in [1.165, 1.54) is 6.07 Å². The van der Waals surface area contributed by atoms with Crippen molar-refractivity contribution in [1.82, 2.24) is 10.1 Å². The number of ether oxygens (including phenoxy) is 2. The van der Waals surface area contributed by atoms with E-state index in [1.54, 1.807) is 6.20 Å². The molecular weight excluding hydrogens is 355 g/mol. The third kappa shape index (κ3) is 6.27. The molecule has 1 N–H and O–H groups in total. The van der Waals surface area contributed by atoms with Crippen LogP contribution in [0.25, 0.3) is 11.3 Å². The summed E-state index contributed by atoms with van der Waals surface area (Å²) >= 11 is 0. The Hall–Kier alpha value is -2.02. The SMILES string of the molecule is CC(C)Oc1cc(C[C@@H](C)Oc2ccc(-c3cc(=O)[nH]o3)cc2)ccn1.[Na]. The van der Waals surface area contributed by atoms with E-state index in [4.69, 9.17) is 14.0 Å². The molecule has 0 fully saturated rings. The molecule has 2 aromatic heterocycles. The van der Waals surface area contributed by atoms with Gasteiger partial charge in [0.25, 0.3) is 5.56 Å². The minimum atomic E-state index is -0.257. The topological polar surface area (TPSA) is 77.4 Å². The number of hydrogen-bond donors (Lipinski definition) is 1. The van der Waals surface area contributed by atoms with Gasteiger partial charge in [-0.1, -0.05) is 0 Å². The van der Waals surface area contributed by atoms with Crippen LogP contribution in [0.3, 0.4) is 0 Å². The van der Waals surface area contributed by atoms with E-state index in [1.807, 2.05) is 57.2 Å². The number of pyridine rings is 1. The molecule has 0 aliphatic rings. The number of aromatic amines is 1. The van der Waals surface area contributed by atoms with Crippen LogP contribution < -0.4 is 15.0 Å². The molecule has 7 heteroatoms. The maximum Gasteiger partial charge on any atom is 0.280 e. The third-order valence-electron chi connectivity index (χ3n) is 3.68. The smallest absolute Gasteiger partial charge is 0.280 e. The van der Waals surface area contributed by atoms with Gasteiger partial charge in [-0.15, -0.1) is 0 Å². The Morgan fingerprint density at radius 2 is 1.81 bits per heavy atom. The molecule has 3 aromatic rings. The molecule has 0 saturated heterocycles. The van der Waals surface area contributed by atoms with Crippen molar-refractivity contribution in [2.24, 2.45) is 0 Å². The van der Waals surface area contributed by atoms with Gasteiger partial charge < -0.3 is 14.0 Å². The van der Waals surface area contributed by atoms with E-state index in [9.17, 15) is 4.79 Å². The van der Waals surface area contributed by atoms with E-state index < -0.39 is 0 Å². The maximum absolute atomic E-state index is 11.1. The normalized spacial score (nSPS) is 11.7. The summed E-state index contributed by atoms with van der Waals surface area (Å²) in [7, 11) is 0. The zero-order valence-corrected chi connectivity index (χ0v) is 18.1. The molecule has 1 radical (unpaired) electrons. The van der Waals surface area contributed by atoms with Crippen LogP contribution in [0.1, 0.15) is 26.3 Å². The molecule has 6 nitrogen and oxygen atoms in total. The minimum Gasteiger partial charge on any atom is -0.490 e. The standard InChI is InChI=1S/C20H22N2O4.Na/c1-13(2)24-20-11-15(8-9-21-20)10-14(3)25-17-6-4-16(5-7-17)18-12-19(23)22-26-18;/h4-9,11-14H,10H2,1-3H3,(H,22,23);/t14-;/m1./s1. The second kappa shape index (κ2) is 9.78. The molecule has 1 atom stereocenters. The summed E-state index contributed by atoms with van der Waals surface area (Å²) in [5.74, 6) is 1.89. The fraction of sp³-hybridized carbons (Fsp3) is 0.300. The Balaban J connectivity index is 0.00000261. The average Bonchev–Trinajstić information content (AvgIpc) is 3.01. The molecule has 2 heterocycles. The van der Waals surface area contributed by atoms with Gasteiger partial charge in [0, 0.05) is 53.8 Å². The van der Waals surface area contributed by atoms with Gasteiger partial charge >= 0.3 is 0 Å². The van der Waals surface area contributed by atoms with Crippen LogP contribution in [0, 0.1) is 0 Å². The van der Waals surface area contributed by atoms with Gasteiger partial charge in [0.1, 0.15) is 5.75 Å².